The van der Waals surface area contributed by atoms with Crippen LogP contribution in [-0.2, 0) is 4.79 Å². The van der Waals surface area contributed by atoms with Gasteiger partial charge >= 0.3 is 5.69 Å². The zero-order valence-electron chi connectivity index (χ0n) is 20.9. The number of rotatable bonds is 9. The number of amides is 1. The Labute approximate surface area is 207 Å². The topological polar surface area (TPSA) is 75.4 Å². The third kappa shape index (κ3) is 5.82. The van der Waals surface area contributed by atoms with Gasteiger partial charge in [-0.3, -0.25) is 9.69 Å². The van der Waals surface area contributed by atoms with Crippen LogP contribution in [0.1, 0.15) is 44.7 Å². The lowest BCUT2D eigenvalue weighted by molar-refractivity contribution is -0.122. The monoisotopic (exact) mass is 476 g/mol. The maximum absolute atomic E-state index is 12.7. The van der Waals surface area contributed by atoms with E-state index in [0.717, 1.165) is 56.1 Å². The number of likely N-dealkylation sites (N-methyl/N-ethyl adjacent to an activating group) is 1. The average molecular weight is 477 g/mol. The third-order valence-corrected chi connectivity index (χ3v) is 6.65. The summed E-state index contributed by atoms with van der Waals surface area (Å²) in [6, 6.07) is 18.2. The summed E-state index contributed by atoms with van der Waals surface area (Å²) < 4.78 is 3.07. The van der Waals surface area contributed by atoms with Crippen LogP contribution in [0.2, 0.25) is 0 Å². The number of aromatic nitrogens is 3. The number of benzene rings is 2. The highest BCUT2D eigenvalue weighted by Gasteiger charge is 2.23. The van der Waals surface area contributed by atoms with E-state index >= 15 is 0 Å². The second-order valence-electron chi connectivity index (χ2n) is 9.31. The molecule has 0 radical (unpaired) electrons. The van der Waals surface area contributed by atoms with Crippen LogP contribution in [0.5, 0.6) is 0 Å². The summed E-state index contributed by atoms with van der Waals surface area (Å²) in [5, 5.41) is 7.20. The molecule has 1 aliphatic heterocycles. The molecule has 0 bridgehead atoms. The van der Waals surface area contributed by atoms with Crippen molar-refractivity contribution in [2.45, 2.75) is 39.2 Å². The molecule has 1 unspecified atom stereocenters. The standard InChI is InChI=1S/C27H36N6O2/c1-4-28-26(34)25(22-8-6-5-7-9-22)14-15-30-16-18-31(19-17-30)23-10-12-24(13-11-23)32-20-29-33(21(2)3)27(32)35/h5-13,20-21,25H,4,14-19H2,1-3H3,(H,28,34). The minimum Gasteiger partial charge on any atom is -0.369 e. The molecule has 1 atom stereocenters. The van der Waals surface area contributed by atoms with E-state index in [1.807, 2.05) is 63.2 Å². The summed E-state index contributed by atoms with van der Waals surface area (Å²) in [7, 11) is 0. The van der Waals surface area contributed by atoms with Crippen LogP contribution in [0.4, 0.5) is 5.69 Å². The number of anilines is 1. The summed E-state index contributed by atoms with van der Waals surface area (Å²) in [5.74, 6) is -0.0133. The molecule has 3 aromatic rings. The number of nitrogens with one attached hydrogen (secondary N) is 1. The first-order valence-corrected chi connectivity index (χ1v) is 12.5. The average Bonchev–Trinajstić information content (AvgIpc) is 3.27. The van der Waals surface area contributed by atoms with Crippen molar-refractivity contribution in [2.24, 2.45) is 0 Å². The number of carbonyl (C=O) groups is 1. The van der Waals surface area contributed by atoms with Gasteiger partial charge in [0, 0.05) is 38.4 Å². The number of carbonyl (C=O) groups excluding carboxylic acids is 1. The number of hydrogen-bond donors (Lipinski definition) is 1. The van der Waals surface area contributed by atoms with E-state index in [2.05, 4.69) is 32.3 Å². The smallest absolute Gasteiger partial charge is 0.350 e. The second-order valence-corrected chi connectivity index (χ2v) is 9.31. The molecule has 1 saturated heterocycles. The molecule has 8 heteroatoms. The molecule has 0 saturated carbocycles. The molecule has 4 rings (SSSR count). The van der Waals surface area contributed by atoms with Gasteiger partial charge in [0.15, 0.2) is 0 Å². The van der Waals surface area contributed by atoms with Gasteiger partial charge in [-0.05, 0) is 63.6 Å². The van der Waals surface area contributed by atoms with Crippen LogP contribution in [-0.4, -0.2) is 64.4 Å². The first-order chi connectivity index (χ1) is 17.0. The fourth-order valence-electron chi connectivity index (χ4n) is 4.65. The van der Waals surface area contributed by atoms with Crippen molar-refractivity contribution in [1.82, 2.24) is 24.6 Å². The Kier molecular flexibility index (Phi) is 8.02. The minimum absolute atomic E-state index is 0.0309. The van der Waals surface area contributed by atoms with Gasteiger partial charge in [-0.15, -0.1) is 0 Å². The Morgan fingerprint density at radius 3 is 2.23 bits per heavy atom. The van der Waals surface area contributed by atoms with Crippen molar-refractivity contribution in [3.63, 3.8) is 0 Å². The third-order valence-electron chi connectivity index (χ3n) is 6.65. The Balaban J connectivity index is 1.33. The van der Waals surface area contributed by atoms with E-state index in [-0.39, 0.29) is 23.6 Å². The van der Waals surface area contributed by atoms with Gasteiger partial charge < -0.3 is 10.2 Å². The highest BCUT2D eigenvalue weighted by Crippen LogP contribution is 2.22. The van der Waals surface area contributed by atoms with E-state index < -0.39 is 0 Å². The molecule has 0 spiro atoms. The zero-order chi connectivity index (χ0) is 24.8. The molecule has 1 amide bonds. The second kappa shape index (κ2) is 11.4. The number of hydrogen-bond acceptors (Lipinski definition) is 5. The lowest BCUT2D eigenvalue weighted by Crippen LogP contribution is -2.47. The van der Waals surface area contributed by atoms with Crippen molar-refractivity contribution in [2.75, 3.05) is 44.2 Å². The quantitative estimate of drug-likeness (QED) is 0.514. The summed E-state index contributed by atoms with van der Waals surface area (Å²) in [6.45, 7) is 11.2. The van der Waals surface area contributed by atoms with E-state index in [4.69, 9.17) is 0 Å². The van der Waals surface area contributed by atoms with Crippen molar-refractivity contribution in [1.29, 1.82) is 0 Å². The van der Waals surface area contributed by atoms with Crippen LogP contribution in [0, 0.1) is 0 Å². The molecule has 2 aromatic carbocycles. The SMILES string of the molecule is CCNC(=O)C(CCN1CCN(c2ccc(-n3cnn(C(C)C)c3=O)cc2)CC1)c1ccccc1. The fraction of sp³-hybridized carbons (Fsp3) is 0.444. The molecule has 1 aliphatic rings. The Hall–Kier alpha value is -3.39. The van der Waals surface area contributed by atoms with E-state index in [0.29, 0.717) is 6.54 Å². The molecular formula is C27H36N6O2. The largest absolute Gasteiger partial charge is 0.369 e. The first-order valence-electron chi connectivity index (χ1n) is 12.5. The van der Waals surface area contributed by atoms with Gasteiger partial charge in [-0.1, -0.05) is 30.3 Å². The van der Waals surface area contributed by atoms with Gasteiger partial charge in [-0.25, -0.2) is 14.0 Å². The maximum atomic E-state index is 12.7. The summed E-state index contributed by atoms with van der Waals surface area (Å²) >= 11 is 0. The van der Waals surface area contributed by atoms with E-state index in [1.165, 1.54) is 4.68 Å². The molecule has 2 heterocycles. The molecule has 35 heavy (non-hydrogen) atoms. The fourth-order valence-corrected chi connectivity index (χ4v) is 4.65. The predicted molar refractivity (Wildman–Crippen MR) is 139 cm³/mol. The van der Waals surface area contributed by atoms with Gasteiger partial charge in [0.1, 0.15) is 6.33 Å². The van der Waals surface area contributed by atoms with Gasteiger partial charge in [-0.2, -0.15) is 5.10 Å². The van der Waals surface area contributed by atoms with Crippen LogP contribution in [0.3, 0.4) is 0 Å². The maximum Gasteiger partial charge on any atom is 0.350 e. The summed E-state index contributed by atoms with van der Waals surface area (Å²) in [4.78, 5) is 30.0. The van der Waals surface area contributed by atoms with Crippen LogP contribution >= 0.6 is 0 Å². The molecular weight excluding hydrogens is 440 g/mol. The molecule has 1 N–H and O–H groups in total. The Bertz CT molecular complexity index is 1140. The van der Waals surface area contributed by atoms with Crippen LogP contribution < -0.4 is 15.9 Å². The van der Waals surface area contributed by atoms with E-state index in [9.17, 15) is 9.59 Å². The highest BCUT2D eigenvalue weighted by atomic mass is 16.2. The van der Waals surface area contributed by atoms with E-state index in [1.54, 1.807) is 10.9 Å². The summed E-state index contributed by atoms with van der Waals surface area (Å²) in [5.41, 5.74) is 2.93. The van der Waals surface area contributed by atoms with Gasteiger partial charge in [0.05, 0.1) is 17.6 Å². The molecule has 186 valence electrons. The lowest BCUT2D eigenvalue weighted by Gasteiger charge is -2.36. The van der Waals surface area contributed by atoms with Crippen LogP contribution in [0.15, 0.2) is 65.7 Å². The lowest BCUT2D eigenvalue weighted by atomic mass is 9.94. The normalized spacial score (nSPS) is 15.4. The Morgan fingerprint density at radius 1 is 0.971 bits per heavy atom. The Morgan fingerprint density at radius 2 is 1.63 bits per heavy atom. The molecule has 0 aliphatic carbocycles. The highest BCUT2D eigenvalue weighted by molar-refractivity contribution is 5.83. The van der Waals surface area contributed by atoms with Crippen molar-refractivity contribution >= 4 is 11.6 Å². The van der Waals surface area contributed by atoms with Gasteiger partial charge in [0.2, 0.25) is 5.91 Å². The first kappa shape index (κ1) is 24.7. The molecule has 8 nitrogen and oxygen atoms in total. The van der Waals surface area contributed by atoms with Gasteiger partial charge in [0.25, 0.3) is 0 Å². The predicted octanol–water partition coefficient (Wildman–Crippen LogP) is 3.05. The minimum atomic E-state index is -0.122. The molecule has 1 fully saturated rings. The van der Waals surface area contributed by atoms with Crippen molar-refractivity contribution in [3.05, 3.63) is 77.0 Å². The van der Waals surface area contributed by atoms with Crippen LogP contribution in [0.25, 0.3) is 5.69 Å². The summed E-state index contributed by atoms with van der Waals surface area (Å²) in [6.07, 6.45) is 2.39. The van der Waals surface area contributed by atoms with Crippen molar-refractivity contribution in [3.8, 4) is 5.69 Å². The van der Waals surface area contributed by atoms with Crippen molar-refractivity contribution < 1.29 is 4.79 Å². The number of nitrogens with zero attached hydrogens (tertiary/aromatic N) is 5. The number of piperazine rings is 1. The molecule has 1 aromatic heterocycles. The zero-order valence-corrected chi connectivity index (χ0v) is 20.9.